The van der Waals surface area contributed by atoms with Crippen LogP contribution >= 0.6 is 0 Å². The van der Waals surface area contributed by atoms with Gasteiger partial charge in [-0.25, -0.2) is 0 Å². The Morgan fingerprint density at radius 3 is 2.58 bits per heavy atom. The van der Waals surface area contributed by atoms with Crippen molar-refractivity contribution < 1.29 is 0 Å². The molecule has 0 amide bonds. The lowest BCUT2D eigenvalue weighted by molar-refractivity contribution is 0.318. The quantitative estimate of drug-likeness (QED) is 0.862. The van der Waals surface area contributed by atoms with Crippen LogP contribution in [0.5, 0.6) is 0 Å². The molecule has 1 aromatic heterocycles. The lowest BCUT2D eigenvalue weighted by atomic mass is 10.1. The highest BCUT2D eigenvalue weighted by atomic mass is 15.3. The van der Waals surface area contributed by atoms with Crippen molar-refractivity contribution in [1.82, 2.24) is 14.7 Å². The molecule has 0 saturated carbocycles. The largest absolute Gasteiger partial charge is 0.326 e. The zero-order valence-electron chi connectivity index (χ0n) is 11.7. The molecule has 4 heteroatoms. The Balaban J connectivity index is 1.98. The third-order valence-electron chi connectivity index (χ3n) is 3.24. The molecule has 4 nitrogen and oxygen atoms in total. The number of benzene rings is 1. The molecule has 0 bridgehead atoms. The van der Waals surface area contributed by atoms with Crippen LogP contribution in [0, 0.1) is 0 Å². The molecule has 0 aliphatic heterocycles. The molecule has 0 fully saturated rings. The van der Waals surface area contributed by atoms with Gasteiger partial charge in [0.1, 0.15) is 0 Å². The summed E-state index contributed by atoms with van der Waals surface area (Å²) in [4.78, 5) is 2.28. The van der Waals surface area contributed by atoms with Crippen LogP contribution < -0.4 is 5.73 Å². The molecule has 2 N–H and O–H groups in total. The highest BCUT2D eigenvalue weighted by molar-refractivity contribution is 5.26. The Morgan fingerprint density at radius 1 is 1.21 bits per heavy atom. The van der Waals surface area contributed by atoms with Crippen molar-refractivity contribution >= 4 is 0 Å². The van der Waals surface area contributed by atoms with E-state index in [-0.39, 0.29) is 0 Å². The van der Waals surface area contributed by atoms with E-state index in [9.17, 15) is 0 Å². The number of aromatic nitrogens is 2. The number of hydrogen-bond donors (Lipinski definition) is 1. The zero-order chi connectivity index (χ0) is 13.7. The second kappa shape index (κ2) is 6.50. The first-order chi connectivity index (χ1) is 9.22. The summed E-state index contributed by atoms with van der Waals surface area (Å²) < 4.78 is 1.96. The van der Waals surface area contributed by atoms with Gasteiger partial charge < -0.3 is 5.73 Å². The topological polar surface area (TPSA) is 47.1 Å². The number of nitrogens with zero attached hydrogens (tertiary/aromatic N) is 3. The summed E-state index contributed by atoms with van der Waals surface area (Å²) in [5, 5.41) is 4.30. The van der Waals surface area contributed by atoms with Gasteiger partial charge in [0.05, 0.1) is 6.20 Å². The maximum Gasteiger partial charge on any atom is 0.0534 e. The molecule has 1 aromatic carbocycles. The van der Waals surface area contributed by atoms with E-state index in [1.54, 1.807) is 0 Å². The van der Waals surface area contributed by atoms with Gasteiger partial charge in [0, 0.05) is 37.9 Å². The second-order valence-corrected chi connectivity index (χ2v) is 4.85. The fourth-order valence-corrected chi connectivity index (χ4v) is 2.23. The molecule has 2 rings (SSSR count). The standard InChI is InChI=1S/C15H22N4/c1-3-19-11-13(9-17-19)10-18(2)12-15-7-5-4-6-14(15)8-16/h4-7,9,11H,3,8,10,12,16H2,1-2H3. The SMILES string of the molecule is CCn1cc(CN(C)Cc2ccccc2CN)cn1. The van der Waals surface area contributed by atoms with E-state index >= 15 is 0 Å². The van der Waals surface area contributed by atoms with Gasteiger partial charge in [-0.15, -0.1) is 0 Å². The number of aryl methyl sites for hydroxylation is 1. The summed E-state index contributed by atoms with van der Waals surface area (Å²) in [5.74, 6) is 0. The van der Waals surface area contributed by atoms with Crippen LogP contribution in [0.3, 0.4) is 0 Å². The predicted octanol–water partition coefficient (Wildman–Crippen LogP) is 1.99. The van der Waals surface area contributed by atoms with E-state index in [0.29, 0.717) is 6.54 Å². The van der Waals surface area contributed by atoms with E-state index in [1.165, 1.54) is 16.7 Å². The highest BCUT2D eigenvalue weighted by Crippen LogP contribution is 2.12. The molecule has 2 aromatic rings. The molecular weight excluding hydrogens is 236 g/mol. The normalized spacial score (nSPS) is 11.2. The van der Waals surface area contributed by atoms with Crippen LogP contribution in [0.2, 0.25) is 0 Å². The van der Waals surface area contributed by atoms with Gasteiger partial charge in [0.2, 0.25) is 0 Å². The summed E-state index contributed by atoms with van der Waals surface area (Å²) in [6.07, 6.45) is 4.04. The first-order valence-electron chi connectivity index (χ1n) is 6.69. The minimum absolute atomic E-state index is 0.595. The summed E-state index contributed by atoms with van der Waals surface area (Å²) in [6, 6.07) is 8.35. The van der Waals surface area contributed by atoms with Crippen molar-refractivity contribution in [2.75, 3.05) is 7.05 Å². The molecule has 19 heavy (non-hydrogen) atoms. The summed E-state index contributed by atoms with van der Waals surface area (Å²) in [6.45, 7) is 5.42. The van der Waals surface area contributed by atoms with Gasteiger partial charge in [-0.3, -0.25) is 9.58 Å². The van der Waals surface area contributed by atoms with Crippen LogP contribution in [0.1, 0.15) is 23.6 Å². The van der Waals surface area contributed by atoms with Crippen molar-refractivity contribution in [2.45, 2.75) is 33.1 Å². The van der Waals surface area contributed by atoms with Gasteiger partial charge in [-0.05, 0) is 25.1 Å². The predicted molar refractivity (Wildman–Crippen MR) is 77.4 cm³/mol. The Morgan fingerprint density at radius 2 is 1.95 bits per heavy atom. The molecule has 0 aliphatic carbocycles. The van der Waals surface area contributed by atoms with Crippen LogP contribution in [0.15, 0.2) is 36.7 Å². The first-order valence-corrected chi connectivity index (χ1v) is 6.69. The second-order valence-electron chi connectivity index (χ2n) is 4.85. The van der Waals surface area contributed by atoms with Crippen molar-refractivity contribution in [2.24, 2.45) is 5.73 Å². The fourth-order valence-electron chi connectivity index (χ4n) is 2.23. The number of rotatable bonds is 6. The van der Waals surface area contributed by atoms with Crippen LogP contribution in [0.4, 0.5) is 0 Å². The molecule has 0 atom stereocenters. The Kier molecular flexibility index (Phi) is 4.71. The Labute approximate surface area is 114 Å². The molecule has 1 heterocycles. The molecule has 0 unspecified atom stereocenters. The average molecular weight is 258 g/mol. The van der Waals surface area contributed by atoms with Crippen molar-refractivity contribution in [1.29, 1.82) is 0 Å². The Hall–Kier alpha value is -1.65. The Bertz CT molecular complexity index is 518. The first kappa shape index (κ1) is 13.8. The molecule has 102 valence electrons. The van der Waals surface area contributed by atoms with Gasteiger partial charge in [-0.2, -0.15) is 5.10 Å². The molecule has 0 radical (unpaired) electrons. The van der Waals surface area contributed by atoms with Crippen molar-refractivity contribution in [3.8, 4) is 0 Å². The van der Waals surface area contributed by atoms with E-state index < -0.39 is 0 Å². The molecule has 0 spiro atoms. The maximum atomic E-state index is 5.77. The van der Waals surface area contributed by atoms with Gasteiger partial charge in [0.25, 0.3) is 0 Å². The summed E-state index contributed by atoms with van der Waals surface area (Å²) >= 11 is 0. The minimum Gasteiger partial charge on any atom is -0.326 e. The molecular formula is C15H22N4. The third-order valence-corrected chi connectivity index (χ3v) is 3.24. The van der Waals surface area contributed by atoms with Crippen LogP contribution in [-0.2, 0) is 26.2 Å². The van der Waals surface area contributed by atoms with Gasteiger partial charge >= 0.3 is 0 Å². The lowest BCUT2D eigenvalue weighted by Crippen LogP contribution is -2.18. The van der Waals surface area contributed by atoms with Crippen LogP contribution in [-0.4, -0.2) is 21.7 Å². The van der Waals surface area contributed by atoms with Crippen molar-refractivity contribution in [3.63, 3.8) is 0 Å². The van der Waals surface area contributed by atoms with Gasteiger partial charge in [0.15, 0.2) is 0 Å². The average Bonchev–Trinajstić information content (AvgIpc) is 2.87. The summed E-state index contributed by atoms with van der Waals surface area (Å²) in [5.41, 5.74) is 9.54. The fraction of sp³-hybridized carbons (Fsp3) is 0.400. The zero-order valence-corrected chi connectivity index (χ0v) is 11.7. The molecule has 0 aliphatic rings. The summed E-state index contributed by atoms with van der Waals surface area (Å²) in [7, 11) is 2.12. The van der Waals surface area contributed by atoms with E-state index in [1.807, 2.05) is 16.9 Å². The van der Waals surface area contributed by atoms with Gasteiger partial charge in [-0.1, -0.05) is 24.3 Å². The third kappa shape index (κ3) is 3.66. The smallest absolute Gasteiger partial charge is 0.0534 e. The number of nitrogens with two attached hydrogens (primary N) is 1. The maximum absolute atomic E-state index is 5.77. The monoisotopic (exact) mass is 258 g/mol. The minimum atomic E-state index is 0.595. The highest BCUT2D eigenvalue weighted by Gasteiger charge is 2.06. The van der Waals surface area contributed by atoms with Crippen LogP contribution in [0.25, 0.3) is 0 Å². The van der Waals surface area contributed by atoms with E-state index in [4.69, 9.17) is 5.73 Å². The molecule has 0 saturated heterocycles. The number of hydrogen-bond acceptors (Lipinski definition) is 3. The van der Waals surface area contributed by atoms with E-state index in [2.05, 4.69) is 48.4 Å². The van der Waals surface area contributed by atoms with Crippen molar-refractivity contribution in [3.05, 3.63) is 53.3 Å². The van der Waals surface area contributed by atoms with E-state index in [0.717, 1.165) is 19.6 Å². The lowest BCUT2D eigenvalue weighted by Gasteiger charge is -2.17.